The predicted octanol–water partition coefficient (Wildman–Crippen LogP) is 2.53. The van der Waals surface area contributed by atoms with E-state index in [9.17, 15) is 32.3 Å². The molecule has 2 aliphatic rings. The van der Waals surface area contributed by atoms with Gasteiger partial charge in [0.05, 0.1) is 17.4 Å². The van der Waals surface area contributed by atoms with Crippen molar-refractivity contribution in [2.24, 2.45) is 11.8 Å². The van der Waals surface area contributed by atoms with Gasteiger partial charge in [0.2, 0.25) is 11.8 Å². The van der Waals surface area contributed by atoms with Crippen LogP contribution < -0.4 is 5.32 Å². The van der Waals surface area contributed by atoms with Gasteiger partial charge in [-0.1, -0.05) is 18.2 Å². The van der Waals surface area contributed by atoms with Gasteiger partial charge in [0, 0.05) is 5.69 Å². The van der Waals surface area contributed by atoms with Crippen LogP contribution in [0.5, 0.6) is 0 Å². The number of fused-ring (bicyclic) bond motifs is 1. The molecule has 0 aromatic heterocycles. The molecule has 0 spiro atoms. The molecule has 0 bridgehead atoms. The summed E-state index contributed by atoms with van der Waals surface area (Å²) in [6.07, 6.45) is -0.0855. The second-order valence-electron chi connectivity index (χ2n) is 7.11. The lowest BCUT2D eigenvalue weighted by molar-refractivity contribution is -0.159. The van der Waals surface area contributed by atoms with E-state index in [2.05, 4.69) is 5.32 Å². The van der Waals surface area contributed by atoms with Gasteiger partial charge in [-0.25, -0.2) is 4.79 Å². The Kier molecular flexibility index (Phi) is 5.95. The number of rotatable bonds is 5. The zero-order chi connectivity index (χ0) is 22.1. The van der Waals surface area contributed by atoms with Gasteiger partial charge in [-0.15, -0.1) is 0 Å². The minimum atomic E-state index is -4.57. The monoisotopic (exact) mass is 424 g/mol. The summed E-state index contributed by atoms with van der Waals surface area (Å²) in [6, 6.07) is 2.78. The normalized spacial score (nSPS) is 21.9. The van der Waals surface area contributed by atoms with Crippen LogP contribution in [-0.4, -0.2) is 41.2 Å². The number of carbonyl (C=O) groups excluding carboxylic acids is 4. The molecule has 0 saturated carbocycles. The van der Waals surface area contributed by atoms with Crippen molar-refractivity contribution >= 4 is 29.4 Å². The quantitative estimate of drug-likeness (QED) is 0.446. The molecular weight excluding hydrogens is 405 g/mol. The summed E-state index contributed by atoms with van der Waals surface area (Å²) < 4.78 is 43.0. The van der Waals surface area contributed by atoms with Crippen molar-refractivity contribution in [1.29, 1.82) is 0 Å². The number of benzene rings is 1. The van der Waals surface area contributed by atoms with Crippen molar-refractivity contribution in [2.75, 3.05) is 11.9 Å². The number of allylic oxidation sites excluding steroid dienone is 2. The molecule has 3 atom stereocenters. The number of esters is 1. The Morgan fingerprint density at radius 2 is 1.77 bits per heavy atom. The van der Waals surface area contributed by atoms with Crippen LogP contribution in [0.15, 0.2) is 36.4 Å². The molecular formula is C20H19F3N2O5. The van der Waals surface area contributed by atoms with Crippen LogP contribution in [0.25, 0.3) is 0 Å². The van der Waals surface area contributed by atoms with Gasteiger partial charge >= 0.3 is 12.1 Å². The first-order valence-corrected chi connectivity index (χ1v) is 9.25. The highest BCUT2D eigenvalue weighted by atomic mass is 19.4. The molecule has 30 heavy (non-hydrogen) atoms. The number of alkyl halides is 3. The Hall–Kier alpha value is -3.17. The van der Waals surface area contributed by atoms with Crippen LogP contribution in [0.1, 0.15) is 25.3 Å². The summed E-state index contributed by atoms with van der Waals surface area (Å²) in [5.74, 6) is -3.71. The van der Waals surface area contributed by atoms with Crippen molar-refractivity contribution < 1.29 is 37.1 Å². The number of anilines is 1. The van der Waals surface area contributed by atoms with Gasteiger partial charge in [-0.05, 0) is 38.0 Å². The van der Waals surface area contributed by atoms with E-state index in [1.54, 1.807) is 0 Å². The molecule has 3 rings (SSSR count). The zero-order valence-corrected chi connectivity index (χ0v) is 15.9. The molecule has 1 aromatic rings. The first kappa shape index (κ1) is 21.5. The van der Waals surface area contributed by atoms with Gasteiger partial charge in [0.25, 0.3) is 5.91 Å². The maximum absolute atomic E-state index is 12.7. The highest BCUT2D eigenvalue weighted by Crippen LogP contribution is 2.36. The third-order valence-corrected chi connectivity index (χ3v) is 5.09. The number of carbonyl (C=O) groups is 4. The maximum Gasteiger partial charge on any atom is 0.416 e. The summed E-state index contributed by atoms with van der Waals surface area (Å²) in [5, 5.41) is 2.20. The van der Waals surface area contributed by atoms with Gasteiger partial charge in [0.15, 0.2) is 6.61 Å². The molecule has 1 aliphatic heterocycles. The van der Waals surface area contributed by atoms with Crippen molar-refractivity contribution in [3.63, 3.8) is 0 Å². The van der Waals surface area contributed by atoms with Crippen LogP contribution in [-0.2, 0) is 30.1 Å². The highest BCUT2D eigenvalue weighted by molar-refractivity contribution is 6.08. The predicted molar refractivity (Wildman–Crippen MR) is 97.7 cm³/mol. The zero-order valence-electron chi connectivity index (χ0n) is 15.9. The number of halogens is 3. The minimum Gasteiger partial charge on any atom is -0.454 e. The number of hydrogen-bond acceptors (Lipinski definition) is 5. The molecule has 0 radical (unpaired) electrons. The molecule has 1 aromatic carbocycles. The standard InChI is InChI=1S/C20H19F3N2O5/c1-11(25-17(27)14-7-2-3-8-15(14)18(25)28)19(29)30-10-16(26)24-13-6-4-5-12(9-13)20(21,22)23/h2-6,9,11,14-15H,7-8,10H2,1H3,(H,24,26)/t11-,14-,15-/m1/s1. The molecule has 10 heteroatoms. The van der Waals surface area contributed by atoms with Crippen LogP contribution in [0.2, 0.25) is 0 Å². The van der Waals surface area contributed by atoms with Crippen LogP contribution >= 0.6 is 0 Å². The summed E-state index contributed by atoms with van der Waals surface area (Å²) in [6.45, 7) is 0.553. The largest absolute Gasteiger partial charge is 0.454 e. The fourth-order valence-electron chi connectivity index (χ4n) is 3.54. The topological polar surface area (TPSA) is 92.8 Å². The smallest absolute Gasteiger partial charge is 0.416 e. The fourth-order valence-corrected chi connectivity index (χ4v) is 3.54. The maximum atomic E-state index is 12.7. The van der Waals surface area contributed by atoms with Gasteiger partial charge in [0.1, 0.15) is 6.04 Å². The molecule has 7 nitrogen and oxygen atoms in total. The number of nitrogens with one attached hydrogen (secondary N) is 1. The number of hydrogen-bond donors (Lipinski definition) is 1. The molecule has 0 unspecified atom stereocenters. The summed E-state index contributed by atoms with van der Waals surface area (Å²) >= 11 is 0. The number of nitrogens with zero attached hydrogens (tertiary/aromatic N) is 1. The van der Waals surface area contributed by atoms with E-state index in [-0.39, 0.29) is 5.69 Å². The van der Waals surface area contributed by atoms with Crippen LogP contribution in [0, 0.1) is 11.8 Å². The molecule has 3 amide bonds. The average Bonchev–Trinajstić information content (AvgIpc) is 2.96. The van der Waals surface area contributed by atoms with Gasteiger partial charge in [-0.3, -0.25) is 19.3 Å². The fraction of sp³-hybridized carbons (Fsp3) is 0.400. The van der Waals surface area contributed by atoms with Crippen molar-refractivity contribution in [3.05, 3.63) is 42.0 Å². The van der Waals surface area contributed by atoms with Crippen molar-refractivity contribution in [1.82, 2.24) is 4.90 Å². The molecule has 1 aliphatic carbocycles. The van der Waals surface area contributed by atoms with Gasteiger partial charge in [-0.2, -0.15) is 13.2 Å². The minimum absolute atomic E-state index is 0.111. The lowest BCUT2D eigenvalue weighted by Crippen LogP contribution is -2.45. The first-order valence-electron chi connectivity index (χ1n) is 9.25. The molecule has 1 N–H and O–H groups in total. The van der Waals surface area contributed by atoms with E-state index in [1.165, 1.54) is 13.0 Å². The Morgan fingerprint density at radius 1 is 1.17 bits per heavy atom. The second-order valence-corrected chi connectivity index (χ2v) is 7.11. The van der Waals surface area contributed by atoms with E-state index in [0.717, 1.165) is 23.1 Å². The Morgan fingerprint density at radius 3 is 2.33 bits per heavy atom. The molecule has 1 heterocycles. The first-order chi connectivity index (χ1) is 14.1. The van der Waals surface area contributed by atoms with E-state index in [4.69, 9.17) is 4.74 Å². The molecule has 1 fully saturated rings. The Balaban J connectivity index is 1.56. The third-order valence-electron chi connectivity index (χ3n) is 5.09. The number of imide groups is 1. The molecule has 1 saturated heterocycles. The number of ether oxygens (including phenoxy) is 1. The van der Waals surface area contributed by atoms with E-state index in [1.807, 2.05) is 12.2 Å². The average molecular weight is 424 g/mol. The van der Waals surface area contributed by atoms with E-state index < -0.39 is 59.9 Å². The van der Waals surface area contributed by atoms with E-state index in [0.29, 0.717) is 12.8 Å². The second kappa shape index (κ2) is 8.29. The van der Waals surface area contributed by atoms with Crippen LogP contribution in [0.3, 0.4) is 0 Å². The SMILES string of the molecule is C[C@H](C(=O)OCC(=O)Nc1cccc(C(F)(F)F)c1)N1C(=O)[C@@H]2CC=CC[C@H]2C1=O. The van der Waals surface area contributed by atoms with Crippen molar-refractivity contribution in [3.8, 4) is 0 Å². The number of likely N-dealkylation sites (tertiary alicyclic amines) is 1. The van der Waals surface area contributed by atoms with Crippen LogP contribution in [0.4, 0.5) is 18.9 Å². The summed E-state index contributed by atoms with van der Waals surface area (Å²) in [7, 11) is 0. The highest BCUT2D eigenvalue weighted by Gasteiger charge is 2.50. The van der Waals surface area contributed by atoms with Gasteiger partial charge < -0.3 is 10.1 Å². The number of amides is 3. The summed E-state index contributed by atoms with van der Waals surface area (Å²) in [5.41, 5.74) is -1.05. The van der Waals surface area contributed by atoms with Crippen molar-refractivity contribution in [2.45, 2.75) is 32.0 Å². The Labute approximate surface area is 169 Å². The third kappa shape index (κ3) is 4.37. The lowest BCUT2D eigenvalue weighted by atomic mass is 9.85. The summed E-state index contributed by atoms with van der Waals surface area (Å²) in [4.78, 5) is 50.0. The van der Waals surface area contributed by atoms with E-state index >= 15 is 0 Å². The molecule has 160 valence electrons. The Bertz CT molecular complexity index is 886. The lowest BCUT2D eigenvalue weighted by Gasteiger charge is -2.21.